The molecule has 1 heterocycles. The molecule has 2 aromatic carbocycles. The van der Waals surface area contributed by atoms with Crippen molar-refractivity contribution < 1.29 is 14.0 Å². The zero-order valence-corrected chi connectivity index (χ0v) is 17.8. The van der Waals surface area contributed by atoms with E-state index in [4.69, 9.17) is 27.6 Å². The first kappa shape index (κ1) is 21.6. The van der Waals surface area contributed by atoms with Crippen LogP contribution in [0.5, 0.6) is 0 Å². The van der Waals surface area contributed by atoms with Gasteiger partial charge in [0, 0.05) is 15.7 Å². The Morgan fingerprint density at radius 2 is 1.77 bits per heavy atom. The van der Waals surface area contributed by atoms with Gasteiger partial charge in [-0.1, -0.05) is 41.4 Å². The van der Waals surface area contributed by atoms with Gasteiger partial charge in [-0.3, -0.25) is 9.59 Å². The number of furan rings is 1. The summed E-state index contributed by atoms with van der Waals surface area (Å²) in [4.78, 5) is 24.6. The Balaban J connectivity index is 1.66. The van der Waals surface area contributed by atoms with Crippen LogP contribution in [0.1, 0.15) is 34.2 Å². The Hall–Kier alpha value is -3.09. The third-order valence-electron chi connectivity index (χ3n) is 4.39. The minimum absolute atomic E-state index is 0.00936. The summed E-state index contributed by atoms with van der Waals surface area (Å²) in [6.07, 6.45) is 1.48. The highest BCUT2D eigenvalue weighted by Crippen LogP contribution is 2.24. The SMILES string of the molecule is C/C(=N\NC(=O)Cc1c(Cl)cccc1Cl)c1cccc(NC(=O)c2ccoc2C)c1. The number of anilines is 1. The average molecular weight is 444 g/mol. The third-order valence-corrected chi connectivity index (χ3v) is 5.10. The van der Waals surface area contributed by atoms with Crippen LogP contribution < -0.4 is 10.7 Å². The lowest BCUT2D eigenvalue weighted by Gasteiger charge is -2.08. The van der Waals surface area contributed by atoms with Gasteiger partial charge in [-0.05, 0) is 55.3 Å². The number of hydrazone groups is 1. The Bertz CT molecular complexity index is 1100. The van der Waals surface area contributed by atoms with E-state index in [0.29, 0.717) is 38.3 Å². The lowest BCUT2D eigenvalue weighted by Crippen LogP contribution is -2.21. The molecule has 6 nitrogen and oxygen atoms in total. The second-order valence-corrected chi connectivity index (χ2v) is 7.35. The number of nitrogens with one attached hydrogen (secondary N) is 2. The zero-order chi connectivity index (χ0) is 21.7. The number of carbonyl (C=O) groups is 2. The molecule has 3 aromatic rings. The van der Waals surface area contributed by atoms with E-state index in [-0.39, 0.29) is 18.2 Å². The minimum Gasteiger partial charge on any atom is -0.469 e. The van der Waals surface area contributed by atoms with Crippen molar-refractivity contribution in [1.29, 1.82) is 0 Å². The number of hydrogen-bond acceptors (Lipinski definition) is 4. The number of rotatable bonds is 6. The number of amides is 2. The molecule has 0 radical (unpaired) electrons. The zero-order valence-electron chi connectivity index (χ0n) is 16.3. The molecule has 0 saturated carbocycles. The Kier molecular flexibility index (Phi) is 6.92. The second-order valence-electron chi connectivity index (χ2n) is 6.53. The standard InChI is InChI=1S/C22H19Cl2N3O3/c1-13(26-27-21(28)12-18-19(23)7-4-8-20(18)24)15-5-3-6-16(11-15)25-22(29)17-9-10-30-14(17)2/h3-11H,12H2,1-2H3,(H,25,29)(H,27,28)/b26-13+. The van der Waals surface area contributed by atoms with Gasteiger partial charge in [0.2, 0.25) is 5.91 Å². The summed E-state index contributed by atoms with van der Waals surface area (Å²) in [6.45, 7) is 3.48. The first-order valence-electron chi connectivity index (χ1n) is 9.07. The molecule has 30 heavy (non-hydrogen) atoms. The fraction of sp³-hybridized carbons (Fsp3) is 0.136. The molecular weight excluding hydrogens is 425 g/mol. The van der Waals surface area contributed by atoms with E-state index < -0.39 is 0 Å². The molecule has 0 atom stereocenters. The molecule has 0 fully saturated rings. The maximum Gasteiger partial charge on any atom is 0.259 e. The number of benzene rings is 2. The van der Waals surface area contributed by atoms with Crippen molar-refractivity contribution in [2.24, 2.45) is 5.10 Å². The van der Waals surface area contributed by atoms with Crippen LogP contribution in [0.2, 0.25) is 10.0 Å². The molecule has 0 aliphatic carbocycles. The van der Waals surface area contributed by atoms with E-state index in [9.17, 15) is 9.59 Å². The van der Waals surface area contributed by atoms with Crippen molar-refractivity contribution >= 4 is 46.4 Å². The Morgan fingerprint density at radius 3 is 2.43 bits per heavy atom. The number of carbonyl (C=O) groups excluding carboxylic acids is 2. The van der Waals surface area contributed by atoms with Crippen LogP contribution in [0.15, 0.2) is 64.3 Å². The molecule has 3 rings (SSSR count). The summed E-state index contributed by atoms with van der Waals surface area (Å²) >= 11 is 12.2. The molecule has 0 bridgehead atoms. The van der Waals surface area contributed by atoms with Gasteiger partial charge in [0.15, 0.2) is 0 Å². The average Bonchev–Trinajstić information content (AvgIpc) is 3.15. The normalized spacial score (nSPS) is 11.3. The van der Waals surface area contributed by atoms with Crippen molar-refractivity contribution in [3.63, 3.8) is 0 Å². The number of halogens is 2. The second kappa shape index (κ2) is 9.61. The van der Waals surface area contributed by atoms with Crippen LogP contribution in [0, 0.1) is 6.92 Å². The van der Waals surface area contributed by atoms with E-state index in [1.807, 2.05) is 6.07 Å². The minimum atomic E-state index is -0.343. The first-order chi connectivity index (χ1) is 14.3. The van der Waals surface area contributed by atoms with Gasteiger partial charge < -0.3 is 9.73 Å². The molecule has 8 heteroatoms. The van der Waals surface area contributed by atoms with Crippen LogP contribution in [0.4, 0.5) is 5.69 Å². The van der Waals surface area contributed by atoms with Gasteiger partial charge in [-0.25, -0.2) is 5.43 Å². The van der Waals surface area contributed by atoms with Crippen molar-refractivity contribution in [2.75, 3.05) is 5.32 Å². The lowest BCUT2D eigenvalue weighted by atomic mass is 10.1. The third kappa shape index (κ3) is 5.28. The van der Waals surface area contributed by atoms with Crippen LogP contribution in [-0.4, -0.2) is 17.5 Å². The van der Waals surface area contributed by atoms with Crippen molar-refractivity contribution in [2.45, 2.75) is 20.3 Å². The van der Waals surface area contributed by atoms with Gasteiger partial charge in [-0.2, -0.15) is 5.10 Å². The molecule has 2 amide bonds. The maximum atomic E-state index is 12.3. The van der Waals surface area contributed by atoms with Crippen LogP contribution in [0.25, 0.3) is 0 Å². The summed E-state index contributed by atoms with van der Waals surface area (Å²) in [5.41, 5.74) is 5.44. The summed E-state index contributed by atoms with van der Waals surface area (Å²) in [5, 5.41) is 7.81. The highest BCUT2D eigenvalue weighted by Gasteiger charge is 2.13. The molecule has 0 unspecified atom stereocenters. The fourth-order valence-corrected chi connectivity index (χ4v) is 3.28. The predicted octanol–water partition coefficient (Wildman–Crippen LogP) is 5.23. The van der Waals surface area contributed by atoms with Gasteiger partial charge in [0.25, 0.3) is 5.91 Å². The molecule has 154 valence electrons. The predicted molar refractivity (Wildman–Crippen MR) is 118 cm³/mol. The van der Waals surface area contributed by atoms with E-state index in [2.05, 4.69) is 15.8 Å². The van der Waals surface area contributed by atoms with Gasteiger partial charge in [0.1, 0.15) is 5.76 Å². The fourth-order valence-electron chi connectivity index (χ4n) is 2.75. The molecular formula is C22H19Cl2N3O3. The summed E-state index contributed by atoms with van der Waals surface area (Å²) in [6, 6.07) is 13.8. The molecule has 0 spiro atoms. The Morgan fingerprint density at radius 1 is 1.07 bits per heavy atom. The largest absolute Gasteiger partial charge is 0.469 e. The number of hydrogen-bond donors (Lipinski definition) is 2. The first-order valence-corrected chi connectivity index (χ1v) is 9.82. The van der Waals surface area contributed by atoms with Crippen LogP contribution in [-0.2, 0) is 11.2 Å². The monoisotopic (exact) mass is 443 g/mol. The maximum absolute atomic E-state index is 12.3. The molecule has 0 aliphatic rings. The van der Waals surface area contributed by atoms with Crippen molar-refractivity contribution in [3.05, 3.63) is 87.3 Å². The summed E-state index contributed by atoms with van der Waals surface area (Å²) < 4.78 is 5.16. The summed E-state index contributed by atoms with van der Waals surface area (Å²) in [7, 11) is 0. The van der Waals surface area contributed by atoms with E-state index in [1.165, 1.54) is 6.26 Å². The number of nitrogens with zero attached hydrogens (tertiary/aromatic N) is 1. The molecule has 2 N–H and O–H groups in total. The van der Waals surface area contributed by atoms with E-state index >= 15 is 0 Å². The van der Waals surface area contributed by atoms with E-state index in [0.717, 1.165) is 5.56 Å². The summed E-state index contributed by atoms with van der Waals surface area (Å²) in [5.74, 6) is -0.0649. The lowest BCUT2D eigenvalue weighted by molar-refractivity contribution is -0.120. The topological polar surface area (TPSA) is 83.7 Å². The highest BCUT2D eigenvalue weighted by atomic mass is 35.5. The van der Waals surface area contributed by atoms with Crippen molar-refractivity contribution in [1.82, 2.24) is 5.43 Å². The van der Waals surface area contributed by atoms with E-state index in [1.54, 1.807) is 56.3 Å². The van der Waals surface area contributed by atoms with Gasteiger partial charge in [0.05, 0.1) is 24.0 Å². The quantitative estimate of drug-likeness (QED) is 0.404. The van der Waals surface area contributed by atoms with Gasteiger partial charge >= 0.3 is 0 Å². The van der Waals surface area contributed by atoms with Crippen molar-refractivity contribution in [3.8, 4) is 0 Å². The molecule has 0 aliphatic heterocycles. The number of aryl methyl sites for hydroxylation is 1. The smallest absolute Gasteiger partial charge is 0.259 e. The van der Waals surface area contributed by atoms with Gasteiger partial charge in [-0.15, -0.1) is 0 Å². The highest BCUT2D eigenvalue weighted by molar-refractivity contribution is 6.36. The Labute approximate surface area is 183 Å². The van der Waals surface area contributed by atoms with Crippen LogP contribution >= 0.6 is 23.2 Å². The molecule has 1 aromatic heterocycles. The van der Waals surface area contributed by atoms with Crippen LogP contribution in [0.3, 0.4) is 0 Å². The molecule has 0 saturated heterocycles.